The van der Waals surface area contributed by atoms with E-state index in [1.807, 2.05) is 0 Å². The third-order valence-corrected chi connectivity index (χ3v) is 5.61. The third-order valence-electron chi connectivity index (χ3n) is 4.87. The van der Waals surface area contributed by atoms with Crippen molar-refractivity contribution in [3.8, 4) is 0 Å². The van der Waals surface area contributed by atoms with Gasteiger partial charge < -0.3 is 4.84 Å². The second-order valence-corrected chi connectivity index (χ2v) is 7.62. The van der Waals surface area contributed by atoms with Crippen LogP contribution in [0.3, 0.4) is 0 Å². The number of hydrogen-bond acceptors (Lipinski definition) is 3. The van der Waals surface area contributed by atoms with Crippen molar-refractivity contribution in [1.82, 2.24) is 0 Å². The smallest absolute Gasteiger partial charge is 0.142 e. The van der Waals surface area contributed by atoms with E-state index < -0.39 is 0 Å². The van der Waals surface area contributed by atoms with Crippen LogP contribution in [0.25, 0.3) is 0 Å². The molecular formula is C18H23NOS. The molecule has 0 spiro atoms. The summed E-state index contributed by atoms with van der Waals surface area (Å²) >= 11 is 1.75. The maximum atomic E-state index is 5.61. The molecule has 3 heteroatoms. The summed E-state index contributed by atoms with van der Waals surface area (Å²) in [5.41, 5.74) is 4.11. The number of oxime groups is 1. The van der Waals surface area contributed by atoms with Crippen LogP contribution in [0.2, 0.25) is 0 Å². The molecule has 2 aliphatic carbocycles. The van der Waals surface area contributed by atoms with Crippen LogP contribution in [0.15, 0.2) is 46.0 Å². The van der Waals surface area contributed by atoms with Crippen molar-refractivity contribution < 1.29 is 4.84 Å². The highest BCUT2D eigenvalue weighted by Crippen LogP contribution is 2.63. The molecule has 1 saturated carbocycles. The lowest BCUT2D eigenvalue weighted by atomic mass is 10.00. The number of fused-ring (bicyclic) bond motifs is 1. The highest BCUT2D eigenvalue weighted by atomic mass is 32.2. The first-order valence-corrected chi connectivity index (χ1v) is 8.75. The molecule has 0 saturated heterocycles. The Bertz CT molecular complexity index is 586. The van der Waals surface area contributed by atoms with Crippen LogP contribution in [0, 0.1) is 17.3 Å². The molecule has 1 fully saturated rings. The first kappa shape index (κ1) is 14.7. The van der Waals surface area contributed by atoms with Gasteiger partial charge in [-0.05, 0) is 54.7 Å². The Labute approximate surface area is 131 Å². The van der Waals surface area contributed by atoms with E-state index in [1.165, 1.54) is 22.5 Å². The molecule has 2 nitrogen and oxygen atoms in total. The van der Waals surface area contributed by atoms with Gasteiger partial charge in [-0.1, -0.05) is 36.7 Å². The minimum absolute atomic E-state index is 0.385. The lowest BCUT2D eigenvalue weighted by molar-refractivity contribution is 0.129. The van der Waals surface area contributed by atoms with Gasteiger partial charge >= 0.3 is 0 Å². The summed E-state index contributed by atoms with van der Waals surface area (Å²) in [6.07, 6.45) is 5.52. The van der Waals surface area contributed by atoms with Gasteiger partial charge in [0, 0.05) is 10.8 Å². The molecule has 0 heterocycles. The Morgan fingerprint density at radius 3 is 2.67 bits per heavy atom. The molecule has 1 aromatic carbocycles. The van der Waals surface area contributed by atoms with Crippen molar-refractivity contribution in [3.05, 3.63) is 41.5 Å². The number of thioether (sulfide) groups is 1. The van der Waals surface area contributed by atoms with Gasteiger partial charge in [0.15, 0.2) is 0 Å². The van der Waals surface area contributed by atoms with E-state index >= 15 is 0 Å². The number of rotatable bonds is 4. The van der Waals surface area contributed by atoms with E-state index in [0.717, 1.165) is 11.6 Å². The molecule has 1 aromatic rings. The van der Waals surface area contributed by atoms with E-state index in [-0.39, 0.29) is 0 Å². The minimum atomic E-state index is 0.385. The zero-order chi connectivity index (χ0) is 15.0. The average molecular weight is 301 g/mol. The molecule has 0 radical (unpaired) electrons. The Hall–Kier alpha value is -1.22. The second-order valence-electron chi connectivity index (χ2n) is 6.74. The van der Waals surface area contributed by atoms with Gasteiger partial charge in [0.1, 0.15) is 6.61 Å². The quantitative estimate of drug-likeness (QED) is 0.582. The largest absolute Gasteiger partial charge is 0.391 e. The van der Waals surface area contributed by atoms with Crippen molar-refractivity contribution in [2.24, 2.45) is 22.4 Å². The summed E-state index contributed by atoms with van der Waals surface area (Å²) in [7, 11) is 0. The standard InChI is InChI=1S/C18H23NOS/c1-12-9-15-17(18(15,2)3)16(10-12)19-20-11-13-5-7-14(21-4)8-6-13/h5-8,10,15,17H,9,11H2,1-4H3/b19-16-. The maximum absolute atomic E-state index is 5.61. The number of allylic oxidation sites excluding steroid dienone is 2. The van der Waals surface area contributed by atoms with Gasteiger partial charge in [0.05, 0.1) is 5.71 Å². The molecule has 3 rings (SSSR count). The fraction of sp³-hybridized carbons (Fsp3) is 0.500. The summed E-state index contributed by atoms with van der Waals surface area (Å²) in [6, 6.07) is 8.47. The Balaban J connectivity index is 1.64. The molecule has 0 aromatic heterocycles. The molecular weight excluding hydrogens is 278 g/mol. The average Bonchev–Trinajstić information content (AvgIpc) is 3.01. The van der Waals surface area contributed by atoms with Gasteiger partial charge in [-0.3, -0.25) is 0 Å². The molecule has 0 amide bonds. The van der Waals surface area contributed by atoms with Gasteiger partial charge in [0.2, 0.25) is 0 Å². The van der Waals surface area contributed by atoms with Crippen LogP contribution in [0.1, 0.15) is 32.8 Å². The first-order chi connectivity index (χ1) is 10.0. The van der Waals surface area contributed by atoms with Crippen LogP contribution in [0.4, 0.5) is 0 Å². The predicted molar refractivity (Wildman–Crippen MR) is 89.6 cm³/mol. The SMILES string of the molecule is CSc1ccc(CO/N=C2/C=C(C)CC3C2C3(C)C)cc1. The fourth-order valence-electron chi connectivity index (χ4n) is 3.45. The van der Waals surface area contributed by atoms with Gasteiger partial charge in [-0.15, -0.1) is 11.8 Å². The Morgan fingerprint density at radius 1 is 1.29 bits per heavy atom. The molecule has 2 unspecified atom stereocenters. The fourth-order valence-corrected chi connectivity index (χ4v) is 3.85. The van der Waals surface area contributed by atoms with Crippen LogP contribution in [0.5, 0.6) is 0 Å². The molecule has 2 aliphatic rings. The van der Waals surface area contributed by atoms with Gasteiger partial charge in [-0.25, -0.2) is 0 Å². The Morgan fingerprint density at radius 2 is 2.00 bits per heavy atom. The van der Waals surface area contributed by atoms with Crippen molar-refractivity contribution in [2.75, 3.05) is 6.26 Å². The zero-order valence-electron chi connectivity index (χ0n) is 13.2. The Kier molecular flexibility index (Phi) is 3.87. The number of hydrogen-bond donors (Lipinski definition) is 0. The van der Waals surface area contributed by atoms with Crippen LogP contribution in [-0.4, -0.2) is 12.0 Å². The van der Waals surface area contributed by atoms with Gasteiger partial charge in [0.25, 0.3) is 0 Å². The monoisotopic (exact) mass is 301 g/mol. The highest BCUT2D eigenvalue weighted by Gasteiger charge is 2.60. The summed E-state index contributed by atoms with van der Waals surface area (Å²) in [5, 5.41) is 4.42. The van der Waals surface area contributed by atoms with Crippen LogP contribution in [-0.2, 0) is 11.4 Å². The maximum Gasteiger partial charge on any atom is 0.142 e. The topological polar surface area (TPSA) is 21.6 Å². The van der Waals surface area contributed by atoms with E-state index in [9.17, 15) is 0 Å². The lowest BCUT2D eigenvalue weighted by Gasteiger charge is -2.09. The van der Waals surface area contributed by atoms with E-state index in [2.05, 4.69) is 62.5 Å². The third kappa shape index (κ3) is 2.89. The van der Waals surface area contributed by atoms with Crippen LogP contribution >= 0.6 is 11.8 Å². The lowest BCUT2D eigenvalue weighted by Crippen LogP contribution is -2.08. The predicted octanol–water partition coefficient (Wildman–Crippen LogP) is 4.90. The van der Waals surface area contributed by atoms with Crippen molar-refractivity contribution in [3.63, 3.8) is 0 Å². The van der Waals surface area contributed by atoms with Crippen molar-refractivity contribution in [2.45, 2.75) is 38.7 Å². The summed E-state index contributed by atoms with van der Waals surface area (Å²) in [6.45, 7) is 7.42. The minimum Gasteiger partial charge on any atom is -0.391 e. The number of benzene rings is 1. The molecule has 21 heavy (non-hydrogen) atoms. The summed E-state index contributed by atoms with van der Waals surface area (Å²) < 4.78 is 0. The molecule has 0 aliphatic heterocycles. The van der Waals surface area contributed by atoms with E-state index in [1.54, 1.807) is 11.8 Å². The molecule has 112 valence electrons. The summed E-state index contributed by atoms with van der Waals surface area (Å²) in [5.74, 6) is 1.34. The first-order valence-electron chi connectivity index (χ1n) is 7.52. The van der Waals surface area contributed by atoms with E-state index in [4.69, 9.17) is 4.84 Å². The van der Waals surface area contributed by atoms with Crippen molar-refractivity contribution >= 4 is 17.5 Å². The van der Waals surface area contributed by atoms with Crippen LogP contribution < -0.4 is 0 Å². The molecule has 0 bridgehead atoms. The zero-order valence-corrected chi connectivity index (χ0v) is 14.0. The van der Waals surface area contributed by atoms with Crippen molar-refractivity contribution in [1.29, 1.82) is 0 Å². The second kappa shape index (κ2) is 5.53. The highest BCUT2D eigenvalue weighted by molar-refractivity contribution is 7.98. The normalized spacial score (nSPS) is 28.0. The van der Waals surface area contributed by atoms with Gasteiger partial charge in [-0.2, -0.15) is 0 Å². The molecule has 2 atom stereocenters. The van der Waals surface area contributed by atoms with E-state index in [0.29, 0.717) is 17.9 Å². The summed E-state index contributed by atoms with van der Waals surface area (Å²) in [4.78, 5) is 6.88. The molecule has 0 N–H and O–H groups in total. The number of nitrogens with zero attached hydrogens (tertiary/aromatic N) is 1.